The van der Waals surface area contributed by atoms with Crippen LogP contribution in [0.3, 0.4) is 0 Å². The molecular weight excluding hydrogens is 334 g/mol. The minimum absolute atomic E-state index is 0.0800. The van der Waals surface area contributed by atoms with Crippen LogP contribution in [0.15, 0.2) is 48.5 Å². The average Bonchev–Trinajstić information content (AvgIpc) is 2.65. The lowest BCUT2D eigenvalue weighted by Crippen LogP contribution is -2.32. The van der Waals surface area contributed by atoms with Crippen LogP contribution in [-0.2, 0) is 9.53 Å². The Labute approximate surface area is 153 Å². The van der Waals surface area contributed by atoms with Crippen molar-refractivity contribution in [2.24, 2.45) is 0 Å². The molecule has 2 rings (SSSR count). The molecule has 2 atom stereocenters. The summed E-state index contributed by atoms with van der Waals surface area (Å²) < 4.78 is 16.0. The van der Waals surface area contributed by atoms with E-state index in [0.717, 1.165) is 5.56 Å². The van der Waals surface area contributed by atoms with Gasteiger partial charge >= 0.3 is 11.9 Å². The first-order valence-corrected chi connectivity index (χ1v) is 8.26. The minimum atomic E-state index is -0.492. The molecule has 0 aliphatic carbocycles. The molecule has 0 fully saturated rings. The van der Waals surface area contributed by atoms with E-state index in [1.807, 2.05) is 44.3 Å². The summed E-state index contributed by atoms with van der Waals surface area (Å²) in [5, 5.41) is 3.11. The second kappa shape index (κ2) is 9.01. The topological polar surface area (TPSA) is 73.9 Å². The number of methoxy groups -OCH3 is 1. The zero-order chi connectivity index (χ0) is 19.1. The van der Waals surface area contributed by atoms with Crippen LogP contribution >= 0.6 is 0 Å². The van der Waals surface area contributed by atoms with Gasteiger partial charge in [0, 0.05) is 13.0 Å². The Kier molecular flexibility index (Phi) is 6.74. The molecule has 0 bridgehead atoms. The number of ether oxygens (including phenoxy) is 3. The summed E-state index contributed by atoms with van der Waals surface area (Å²) in [4.78, 5) is 23.8. The van der Waals surface area contributed by atoms with E-state index in [0.29, 0.717) is 5.56 Å². The predicted molar refractivity (Wildman–Crippen MR) is 97.4 cm³/mol. The number of likely N-dealkylation sites (N-methyl/N-ethyl adjacent to an activating group) is 1. The Morgan fingerprint density at radius 1 is 1.04 bits per heavy atom. The number of esters is 2. The van der Waals surface area contributed by atoms with Gasteiger partial charge in [-0.2, -0.15) is 0 Å². The van der Waals surface area contributed by atoms with Crippen molar-refractivity contribution in [3.63, 3.8) is 0 Å². The monoisotopic (exact) mass is 357 g/mol. The number of carbonyl (C=O) groups is 2. The van der Waals surface area contributed by atoms with E-state index in [2.05, 4.69) is 5.32 Å². The Hall–Kier alpha value is -2.86. The second-order valence-electron chi connectivity index (χ2n) is 5.77. The molecule has 0 aliphatic heterocycles. The third-order valence-corrected chi connectivity index (χ3v) is 3.92. The molecule has 0 heterocycles. The SMILES string of the molecule is CN[C@H](C)[C@@H](OC(=O)c1ccc(OC(C)=O)c(OC)c1)c1ccccc1. The summed E-state index contributed by atoms with van der Waals surface area (Å²) in [6.45, 7) is 3.24. The van der Waals surface area contributed by atoms with Gasteiger partial charge in [0.05, 0.1) is 12.7 Å². The van der Waals surface area contributed by atoms with Crippen molar-refractivity contribution in [3.8, 4) is 11.5 Å². The fourth-order valence-electron chi connectivity index (χ4n) is 2.47. The van der Waals surface area contributed by atoms with Crippen molar-refractivity contribution in [1.82, 2.24) is 5.32 Å². The van der Waals surface area contributed by atoms with Gasteiger partial charge in [0.15, 0.2) is 11.5 Å². The van der Waals surface area contributed by atoms with Gasteiger partial charge in [-0.1, -0.05) is 30.3 Å². The molecule has 0 aromatic heterocycles. The maximum absolute atomic E-state index is 12.6. The molecule has 1 N–H and O–H groups in total. The summed E-state index contributed by atoms with van der Waals surface area (Å²) in [6, 6.07) is 14.0. The van der Waals surface area contributed by atoms with E-state index in [4.69, 9.17) is 14.2 Å². The summed E-state index contributed by atoms with van der Waals surface area (Å²) in [5.41, 5.74) is 1.20. The highest BCUT2D eigenvalue weighted by Gasteiger charge is 2.24. The van der Waals surface area contributed by atoms with E-state index in [1.54, 1.807) is 0 Å². The van der Waals surface area contributed by atoms with Gasteiger partial charge in [-0.05, 0) is 37.7 Å². The van der Waals surface area contributed by atoms with Crippen LogP contribution in [0.2, 0.25) is 0 Å². The fourth-order valence-corrected chi connectivity index (χ4v) is 2.47. The van der Waals surface area contributed by atoms with Gasteiger partial charge in [0.25, 0.3) is 0 Å². The maximum atomic E-state index is 12.6. The zero-order valence-corrected chi connectivity index (χ0v) is 15.3. The number of hydrogen-bond donors (Lipinski definition) is 1. The molecule has 0 amide bonds. The van der Waals surface area contributed by atoms with Gasteiger partial charge in [0.1, 0.15) is 6.10 Å². The first kappa shape index (κ1) is 19.5. The van der Waals surface area contributed by atoms with Crippen molar-refractivity contribution in [2.75, 3.05) is 14.2 Å². The average molecular weight is 357 g/mol. The minimum Gasteiger partial charge on any atom is -0.493 e. The maximum Gasteiger partial charge on any atom is 0.338 e. The Balaban J connectivity index is 2.25. The Morgan fingerprint density at radius 2 is 1.73 bits per heavy atom. The summed E-state index contributed by atoms with van der Waals surface area (Å²) in [5.74, 6) is -0.424. The summed E-state index contributed by atoms with van der Waals surface area (Å²) >= 11 is 0. The van der Waals surface area contributed by atoms with Crippen LogP contribution in [0.25, 0.3) is 0 Å². The summed E-state index contributed by atoms with van der Waals surface area (Å²) in [7, 11) is 3.25. The van der Waals surface area contributed by atoms with Crippen LogP contribution in [0, 0.1) is 0 Å². The van der Waals surface area contributed by atoms with Crippen LogP contribution in [0.1, 0.15) is 35.9 Å². The summed E-state index contributed by atoms with van der Waals surface area (Å²) in [6.07, 6.45) is -0.451. The third kappa shape index (κ3) is 4.83. The number of hydrogen-bond acceptors (Lipinski definition) is 6. The number of nitrogens with one attached hydrogen (secondary N) is 1. The molecule has 0 aliphatic rings. The lowest BCUT2D eigenvalue weighted by molar-refractivity contribution is -0.132. The number of benzene rings is 2. The molecule has 0 saturated heterocycles. The van der Waals surface area contributed by atoms with Crippen molar-refractivity contribution >= 4 is 11.9 Å². The van der Waals surface area contributed by atoms with E-state index < -0.39 is 18.0 Å². The molecule has 6 nitrogen and oxygen atoms in total. The highest BCUT2D eigenvalue weighted by atomic mass is 16.6. The highest BCUT2D eigenvalue weighted by molar-refractivity contribution is 5.90. The van der Waals surface area contributed by atoms with E-state index in [9.17, 15) is 9.59 Å². The molecule has 0 saturated carbocycles. The van der Waals surface area contributed by atoms with Gasteiger partial charge in [0.2, 0.25) is 0 Å². The lowest BCUT2D eigenvalue weighted by atomic mass is 10.0. The van der Waals surface area contributed by atoms with Gasteiger partial charge in [-0.25, -0.2) is 4.79 Å². The standard InChI is InChI=1S/C20H23NO5/c1-13(21-3)19(15-8-6-5-7-9-15)26-20(23)16-10-11-17(25-14(2)22)18(12-16)24-4/h5-13,19,21H,1-4H3/t13-,19-/m1/s1. The van der Waals surface area contributed by atoms with Crippen LogP contribution in [0.5, 0.6) is 11.5 Å². The first-order chi connectivity index (χ1) is 12.5. The number of rotatable bonds is 7. The van der Waals surface area contributed by atoms with E-state index >= 15 is 0 Å². The third-order valence-electron chi connectivity index (χ3n) is 3.92. The first-order valence-electron chi connectivity index (χ1n) is 8.26. The molecule has 0 spiro atoms. The Morgan fingerprint density at radius 3 is 2.31 bits per heavy atom. The molecule has 2 aromatic rings. The second-order valence-corrected chi connectivity index (χ2v) is 5.77. The molecule has 0 radical (unpaired) electrons. The van der Waals surface area contributed by atoms with Crippen molar-refractivity contribution < 1.29 is 23.8 Å². The molecule has 26 heavy (non-hydrogen) atoms. The van der Waals surface area contributed by atoms with Gasteiger partial charge in [-0.3, -0.25) is 4.79 Å². The van der Waals surface area contributed by atoms with Crippen molar-refractivity contribution in [1.29, 1.82) is 0 Å². The van der Waals surface area contributed by atoms with Crippen LogP contribution < -0.4 is 14.8 Å². The number of carbonyl (C=O) groups excluding carboxylic acids is 2. The predicted octanol–water partition coefficient (Wildman–Crippen LogP) is 3.13. The van der Waals surface area contributed by atoms with Crippen LogP contribution in [-0.4, -0.2) is 32.1 Å². The lowest BCUT2D eigenvalue weighted by Gasteiger charge is -2.24. The van der Waals surface area contributed by atoms with Crippen LogP contribution in [0.4, 0.5) is 0 Å². The fraction of sp³-hybridized carbons (Fsp3) is 0.300. The van der Waals surface area contributed by atoms with E-state index in [1.165, 1.54) is 32.2 Å². The Bertz CT molecular complexity index is 760. The molecular formula is C20H23NO5. The molecule has 0 unspecified atom stereocenters. The highest BCUT2D eigenvalue weighted by Crippen LogP contribution is 2.30. The molecule has 6 heteroatoms. The largest absolute Gasteiger partial charge is 0.493 e. The van der Waals surface area contributed by atoms with Crippen molar-refractivity contribution in [3.05, 3.63) is 59.7 Å². The van der Waals surface area contributed by atoms with Gasteiger partial charge in [-0.15, -0.1) is 0 Å². The zero-order valence-electron chi connectivity index (χ0n) is 15.3. The molecule has 138 valence electrons. The van der Waals surface area contributed by atoms with E-state index in [-0.39, 0.29) is 17.5 Å². The normalized spacial score (nSPS) is 12.8. The van der Waals surface area contributed by atoms with Crippen molar-refractivity contribution in [2.45, 2.75) is 26.0 Å². The smallest absolute Gasteiger partial charge is 0.338 e. The van der Waals surface area contributed by atoms with Gasteiger partial charge < -0.3 is 19.5 Å². The molecule has 2 aromatic carbocycles. The quantitative estimate of drug-likeness (QED) is 0.606.